The van der Waals surface area contributed by atoms with Gasteiger partial charge in [0.05, 0.1) is 15.6 Å². The Morgan fingerprint density at radius 2 is 2.20 bits per heavy atom. The van der Waals surface area contributed by atoms with Gasteiger partial charge in [-0.1, -0.05) is 6.07 Å². The second-order valence-corrected chi connectivity index (χ2v) is 4.91. The third kappa shape index (κ3) is 3.02. The number of nitrogens with one attached hydrogen (secondary N) is 1. The van der Waals surface area contributed by atoms with Crippen LogP contribution >= 0.6 is 15.9 Å². The molecule has 0 radical (unpaired) electrons. The van der Waals surface area contributed by atoms with Crippen molar-refractivity contribution < 1.29 is 4.92 Å². The van der Waals surface area contributed by atoms with Crippen LogP contribution in [0.4, 0.5) is 11.5 Å². The zero-order valence-electron chi connectivity index (χ0n) is 10.5. The molecule has 1 N–H and O–H groups in total. The maximum Gasteiger partial charge on any atom is 0.333 e. The van der Waals surface area contributed by atoms with E-state index >= 15 is 0 Å². The van der Waals surface area contributed by atoms with E-state index in [1.54, 1.807) is 23.9 Å². The number of halogens is 1. The number of hydrogen-bond donors (Lipinski definition) is 1. The summed E-state index contributed by atoms with van der Waals surface area (Å²) in [5, 5.41) is 13.7. The Bertz CT molecular complexity index is 697. The van der Waals surface area contributed by atoms with Gasteiger partial charge in [-0.05, 0) is 27.6 Å². The van der Waals surface area contributed by atoms with Gasteiger partial charge in [0.1, 0.15) is 5.82 Å². The van der Waals surface area contributed by atoms with Gasteiger partial charge in [-0.15, -0.1) is 0 Å². The minimum atomic E-state index is -0.689. The Balaban J connectivity index is 2.33. The molecule has 0 spiro atoms. The molecule has 7 nitrogen and oxygen atoms in total. The molecule has 0 saturated carbocycles. The van der Waals surface area contributed by atoms with Gasteiger partial charge < -0.3 is 9.88 Å². The Kier molecular flexibility index (Phi) is 4.14. The van der Waals surface area contributed by atoms with Gasteiger partial charge in [-0.2, -0.15) is 0 Å². The molecule has 0 aliphatic heterocycles. The summed E-state index contributed by atoms with van der Waals surface area (Å²) in [5.41, 5.74) is -0.220. The van der Waals surface area contributed by atoms with Crippen molar-refractivity contribution in [2.45, 2.75) is 6.54 Å². The first kappa shape index (κ1) is 14.2. The average Bonchev–Trinajstić information content (AvgIpc) is 2.43. The number of pyridine rings is 2. The molecular weight excluding hydrogens is 328 g/mol. The van der Waals surface area contributed by atoms with Crippen molar-refractivity contribution in [1.82, 2.24) is 9.55 Å². The maximum absolute atomic E-state index is 11.6. The van der Waals surface area contributed by atoms with Crippen molar-refractivity contribution in [1.29, 1.82) is 0 Å². The van der Waals surface area contributed by atoms with Gasteiger partial charge in [-0.25, -0.2) is 4.98 Å². The van der Waals surface area contributed by atoms with Gasteiger partial charge in [0.15, 0.2) is 0 Å². The first-order chi connectivity index (χ1) is 9.51. The topological polar surface area (TPSA) is 90.1 Å². The van der Waals surface area contributed by atoms with Crippen LogP contribution in [0, 0.1) is 10.1 Å². The average molecular weight is 339 g/mol. The summed E-state index contributed by atoms with van der Waals surface area (Å²) in [7, 11) is 1.77. The molecule has 0 amide bonds. The summed E-state index contributed by atoms with van der Waals surface area (Å²) in [6.45, 7) is 0.386. The molecule has 2 rings (SSSR count). The monoisotopic (exact) mass is 338 g/mol. The first-order valence-corrected chi connectivity index (χ1v) is 6.47. The Morgan fingerprint density at radius 1 is 1.45 bits per heavy atom. The number of nitrogens with zero attached hydrogens (tertiary/aromatic N) is 3. The third-order valence-corrected chi connectivity index (χ3v) is 3.22. The zero-order chi connectivity index (χ0) is 14.7. The van der Waals surface area contributed by atoms with E-state index in [1.165, 1.54) is 12.4 Å². The van der Waals surface area contributed by atoms with E-state index in [0.29, 0.717) is 6.54 Å². The largest absolute Gasteiger partial charge is 0.373 e. The lowest BCUT2D eigenvalue weighted by Crippen LogP contribution is -2.13. The van der Waals surface area contributed by atoms with E-state index in [0.717, 1.165) is 11.4 Å². The van der Waals surface area contributed by atoms with Crippen LogP contribution in [0.1, 0.15) is 5.56 Å². The lowest BCUT2D eigenvalue weighted by molar-refractivity contribution is -0.386. The fraction of sp³-hybridized carbons (Fsp3) is 0.167. The fourth-order valence-corrected chi connectivity index (χ4v) is 2.14. The first-order valence-electron chi connectivity index (χ1n) is 5.68. The van der Waals surface area contributed by atoms with Gasteiger partial charge in [0.25, 0.3) is 5.43 Å². The van der Waals surface area contributed by atoms with Crippen LogP contribution in [0.5, 0.6) is 0 Å². The van der Waals surface area contributed by atoms with Crippen LogP contribution in [0.2, 0.25) is 0 Å². The number of rotatable bonds is 4. The van der Waals surface area contributed by atoms with E-state index in [2.05, 4.69) is 26.2 Å². The Morgan fingerprint density at radius 3 is 2.75 bits per heavy atom. The van der Waals surface area contributed by atoms with E-state index in [9.17, 15) is 14.9 Å². The standard InChI is InChI=1S/C12H11BrN4O3/c1-14-11-3-2-8(4-15-11)5-16-6-9(13)12(18)10(7-16)17(19)20/h2-4,6-7H,5H2,1H3,(H,14,15). The number of aromatic nitrogens is 2. The van der Waals surface area contributed by atoms with Crippen LogP contribution in [-0.4, -0.2) is 21.5 Å². The quantitative estimate of drug-likeness (QED) is 0.680. The minimum Gasteiger partial charge on any atom is -0.373 e. The maximum atomic E-state index is 11.6. The van der Waals surface area contributed by atoms with Crippen molar-refractivity contribution in [3.63, 3.8) is 0 Å². The minimum absolute atomic E-state index is 0.159. The highest BCUT2D eigenvalue weighted by atomic mass is 79.9. The van der Waals surface area contributed by atoms with Gasteiger partial charge in [-0.3, -0.25) is 14.9 Å². The van der Waals surface area contributed by atoms with Crippen LogP contribution in [0.25, 0.3) is 0 Å². The molecule has 104 valence electrons. The summed E-state index contributed by atoms with van der Waals surface area (Å²) in [6.07, 6.45) is 4.41. The summed E-state index contributed by atoms with van der Waals surface area (Å²) >= 11 is 3.04. The molecule has 2 heterocycles. The summed E-state index contributed by atoms with van der Waals surface area (Å²) in [6, 6.07) is 3.66. The number of nitro groups is 1. The zero-order valence-corrected chi connectivity index (χ0v) is 12.1. The van der Waals surface area contributed by atoms with E-state index in [-0.39, 0.29) is 4.47 Å². The number of hydrogen-bond acceptors (Lipinski definition) is 5. The molecule has 2 aromatic heterocycles. The highest BCUT2D eigenvalue weighted by Gasteiger charge is 2.15. The molecule has 0 unspecified atom stereocenters. The molecule has 0 atom stereocenters. The van der Waals surface area contributed by atoms with Gasteiger partial charge in [0, 0.05) is 26.0 Å². The van der Waals surface area contributed by atoms with E-state index in [1.807, 2.05) is 6.07 Å². The predicted molar refractivity (Wildman–Crippen MR) is 77.9 cm³/mol. The van der Waals surface area contributed by atoms with Crippen LogP contribution in [0.3, 0.4) is 0 Å². The molecule has 0 aromatic carbocycles. The molecule has 8 heteroatoms. The highest BCUT2D eigenvalue weighted by molar-refractivity contribution is 9.10. The molecule has 20 heavy (non-hydrogen) atoms. The molecule has 0 bridgehead atoms. The molecule has 0 aliphatic rings. The van der Waals surface area contributed by atoms with Crippen LogP contribution < -0.4 is 10.7 Å². The van der Waals surface area contributed by atoms with E-state index < -0.39 is 16.0 Å². The highest BCUT2D eigenvalue weighted by Crippen LogP contribution is 2.13. The summed E-state index contributed by atoms with van der Waals surface area (Å²) < 4.78 is 1.73. The summed E-state index contributed by atoms with van der Waals surface area (Å²) in [5.74, 6) is 0.737. The van der Waals surface area contributed by atoms with Gasteiger partial charge >= 0.3 is 5.69 Å². The second kappa shape index (κ2) is 5.83. The van der Waals surface area contributed by atoms with Crippen molar-refractivity contribution in [3.05, 3.63) is 61.1 Å². The lowest BCUT2D eigenvalue weighted by Gasteiger charge is -2.07. The van der Waals surface area contributed by atoms with Crippen molar-refractivity contribution in [2.75, 3.05) is 12.4 Å². The van der Waals surface area contributed by atoms with Crippen molar-refractivity contribution >= 4 is 27.4 Å². The van der Waals surface area contributed by atoms with E-state index in [4.69, 9.17) is 0 Å². The van der Waals surface area contributed by atoms with Crippen molar-refractivity contribution in [3.8, 4) is 0 Å². The molecule has 0 aliphatic carbocycles. The third-order valence-electron chi connectivity index (χ3n) is 2.66. The molecule has 2 aromatic rings. The molecule has 0 fully saturated rings. The van der Waals surface area contributed by atoms with Crippen LogP contribution in [0.15, 0.2) is 40.0 Å². The predicted octanol–water partition coefficient (Wildman–Crippen LogP) is 2.00. The Hall–Kier alpha value is -2.22. The smallest absolute Gasteiger partial charge is 0.333 e. The summed E-state index contributed by atoms with van der Waals surface area (Å²) in [4.78, 5) is 25.9. The molecular formula is C12H11BrN4O3. The normalized spacial score (nSPS) is 10.3. The molecule has 0 saturated heterocycles. The van der Waals surface area contributed by atoms with Crippen LogP contribution in [-0.2, 0) is 6.54 Å². The SMILES string of the molecule is CNc1ccc(Cn2cc(Br)c(=O)c([N+](=O)[O-])c2)cn1. The van der Waals surface area contributed by atoms with Gasteiger partial charge in [0.2, 0.25) is 0 Å². The fourth-order valence-electron chi connectivity index (χ4n) is 1.68. The Labute approximate surface area is 122 Å². The number of anilines is 1. The van der Waals surface area contributed by atoms with Crippen molar-refractivity contribution in [2.24, 2.45) is 0 Å². The lowest BCUT2D eigenvalue weighted by atomic mass is 10.2. The second-order valence-electron chi connectivity index (χ2n) is 4.05.